The highest BCUT2D eigenvalue weighted by atomic mass is 16.7. The van der Waals surface area contributed by atoms with Crippen LogP contribution in [0.1, 0.15) is 18.4 Å². The zero-order valence-corrected chi connectivity index (χ0v) is 11.5. The number of hydrogen-bond donors (Lipinski definition) is 1. The van der Waals surface area contributed by atoms with Gasteiger partial charge in [0.2, 0.25) is 6.79 Å². The van der Waals surface area contributed by atoms with Gasteiger partial charge in [0, 0.05) is 12.5 Å². The van der Waals surface area contributed by atoms with Crippen LogP contribution in [0.4, 0.5) is 0 Å². The molecule has 110 valence electrons. The highest BCUT2D eigenvalue weighted by Crippen LogP contribution is 2.38. The smallest absolute Gasteiger partial charge is 0.305 e. The predicted molar refractivity (Wildman–Crippen MR) is 72.1 cm³/mol. The molecule has 1 aliphatic heterocycles. The lowest BCUT2D eigenvalue weighted by atomic mass is 10.1. The third-order valence-corrected chi connectivity index (χ3v) is 2.98. The summed E-state index contributed by atoms with van der Waals surface area (Å²) < 4.78 is 20.9. The van der Waals surface area contributed by atoms with E-state index in [1.165, 1.54) is 7.11 Å². The molecule has 1 aliphatic rings. The van der Waals surface area contributed by atoms with E-state index in [0.29, 0.717) is 38.2 Å². The average Bonchev–Trinajstić information content (AvgIpc) is 2.90. The summed E-state index contributed by atoms with van der Waals surface area (Å²) in [6.45, 7) is 1.19. The molecule has 6 nitrogen and oxygen atoms in total. The minimum Gasteiger partial charge on any atom is -0.493 e. The fourth-order valence-electron chi connectivity index (χ4n) is 1.95. The van der Waals surface area contributed by atoms with Crippen LogP contribution in [0.25, 0.3) is 0 Å². The summed E-state index contributed by atoms with van der Waals surface area (Å²) >= 11 is 0. The number of rotatable bonds is 7. The molecule has 6 heteroatoms. The molecule has 2 N–H and O–H groups in total. The van der Waals surface area contributed by atoms with Crippen molar-refractivity contribution in [3.63, 3.8) is 0 Å². The zero-order chi connectivity index (χ0) is 14.4. The van der Waals surface area contributed by atoms with Crippen molar-refractivity contribution in [2.45, 2.75) is 19.3 Å². The third-order valence-electron chi connectivity index (χ3n) is 2.98. The molecule has 0 spiro atoms. The van der Waals surface area contributed by atoms with Crippen molar-refractivity contribution < 1.29 is 23.7 Å². The van der Waals surface area contributed by atoms with Crippen LogP contribution in [0.5, 0.6) is 17.2 Å². The summed E-state index contributed by atoms with van der Waals surface area (Å²) in [5, 5.41) is 0. The van der Waals surface area contributed by atoms with Crippen molar-refractivity contribution in [1.29, 1.82) is 0 Å². The number of carbonyl (C=O) groups is 1. The molecule has 2 rings (SSSR count). The van der Waals surface area contributed by atoms with E-state index in [4.69, 9.17) is 19.9 Å². The number of nitrogens with two attached hydrogens (primary N) is 1. The quantitative estimate of drug-likeness (QED) is 0.598. The van der Waals surface area contributed by atoms with E-state index in [9.17, 15) is 4.79 Å². The Morgan fingerprint density at radius 2 is 2.10 bits per heavy atom. The van der Waals surface area contributed by atoms with E-state index < -0.39 is 0 Å². The van der Waals surface area contributed by atoms with Gasteiger partial charge in [0.05, 0.1) is 13.7 Å². The second-order valence-electron chi connectivity index (χ2n) is 4.38. The van der Waals surface area contributed by atoms with Gasteiger partial charge in [-0.15, -0.1) is 0 Å². The second kappa shape index (κ2) is 7.00. The lowest BCUT2D eigenvalue weighted by molar-refractivity contribution is -0.140. The molecule has 0 aromatic heterocycles. The van der Waals surface area contributed by atoms with Crippen LogP contribution in [-0.2, 0) is 16.0 Å². The van der Waals surface area contributed by atoms with Crippen molar-refractivity contribution >= 4 is 5.97 Å². The van der Waals surface area contributed by atoms with Crippen LogP contribution < -0.4 is 19.9 Å². The Bertz CT molecular complexity index is 475. The Hall–Kier alpha value is -1.95. The maximum atomic E-state index is 11.0. The van der Waals surface area contributed by atoms with Crippen LogP contribution in [0, 0.1) is 0 Å². The summed E-state index contributed by atoms with van der Waals surface area (Å²) in [7, 11) is 1.38. The number of ether oxygens (including phenoxy) is 4. The van der Waals surface area contributed by atoms with Crippen LogP contribution in [0.3, 0.4) is 0 Å². The number of carbonyl (C=O) groups excluding carboxylic acids is 1. The minimum absolute atomic E-state index is 0.225. The van der Waals surface area contributed by atoms with Gasteiger partial charge in [-0.3, -0.25) is 4.79 Å². The average molecular weight is 281 g/mol. The zero-order valence-electron chi connectivity index (χ0n) is 11.5. The summed E-state index contributed by atoms with van der Waals surface area (Å²) in [5.41, 5.74) is 6.58. The Morgan fingerprint density at radius 3 is 2.80 bits per heavy atom. The molecule has 0 saturated carbocycles. The predicted octanol–water partition coefficient (Wildman–Crippen LogP) is 1.25. The van der Waals surface area contributed by atoms with Crippen LogP contribution in [0.15, 0.2) is 12.1 Å². The molecule has 0 fully saturated rings. The molecule has 0 bridgehead atoms. The second-order valence-corrected chi connectivity index (χ2v) is 4.38. The van der Waals surface area contributed by atoms with E-state index >= 15 is 0 Å². The first kappa shape index (κ1) is 14.5. The van der Waals surface area contributed by atoms with Crippen molar-refractivity contribution in [2.24, 2.45) is 5.73 Å². The maximum absolute atomic E-state index is 11.0. The topological polar surface area (TPSA) is 80.0 Å². The van der Waals surface area contributed by atoms with Crippen molar-refractivity contribution in [3.05, 3.63) is 17.7 Å². The number of fused-ring (bicyclic) bond motifs is 1. The Morgan fingerprint density at radius 1 is 1.35 bits per heavy atom. The molecule has 20 heavy (non-hydrogen) atoms. The SMILES string of the molecule is COC(=O)CCCOc1cc2c(cc1CCN)OCO2. The van der Waals surface area contributed by atoms with Gasteiger partial charge in [-0.1, -0.05) is 0 Å². The molecular formula is C14H19NO5. The van der Waals surface area contributed by atoms with Gasteiger partial charge in [0.15, 0.2) is 11.5 Å². The van der Waals surface area contributed by atoms with Gasteiger partial charge in [-0.2, -0.15) is 0 Å². The van der Waals surface area contributed by atoms with E-state index in [2.05, 4.69) is 4.74 Å². The van der Waals surface area contributed by atoms with Gasteiger partial charge in [0.25, 0.3) is 0 Å². The first-order valence-electron chi connectivity index (χ1n) is 6.56. The summed E-state index contributed by atoms with van der Waals surface area (Å²) in [5.74, 6) is 1.88. The van der Waals surface area contributed by atoms with Crippen LogP contribution in [0.2, 0.25) is 0 Å². The molecule has 0 unspecified atom stereocenters. The van der Waals surface area contributed by atoms with E-state index in [-0.39, 0.29) is 12.8 Å². The monoisotopic (exact) mass is 281 g/mol. The molecule has 0 amide bonds. The molecule has 0 atom stereocenters. The standard InChI is InChI=1S/C14H19NO5/c1-17-14(16)3-2-6-18-11-8-13-12(19-9-20-13)7-10(11)4-5-15/h7-8H,2-6,9,15H2,1H3. The molecule has 0 aliphatic carbocycles. The summed E-state index contributed by atoms with van der Waals surface area (Å²) in [4.78, 5) is 11.0. The van der Waals surface area contributed by atoms with E-state index in [1.54, 1.807) is 0 Å². The normalized spacial score (nSPS) is 12.3. The van der Waals surface area contributed by atoms with E-state index in [1.807, 2.05) is 12.1 Å². The minimum atomic E-state index is -0.235. The number of methoxy groups -OCH3 is 1. The number of esters is 1. The number of hydrogen-bond acceptors (Lipinski definition) is 6. The third kappa shape index (κ3) is 3.54. The Balaban J connectivity index is 1.97. The fraction of sp³-hybridized carbons (Fsp3) is 0.500. The summed E-state index contributed by atoms with van der Waals surface area (Å²) in [6, 6.07) is 3.70. The number of benzene rings is 1. The van der Waals surface area contributed by atoms with Gasteiger partial charge >= 0.3 is 5.97 Å². The maximum Gasteiger partial charge on any atom is 0.305 e. The van der Waals surface area contributed by atoms with Crippen molar-refractivity contribution in [3.8, 4) is 17.2 Å². The lowest BCUT2D eigenvalue weighted by Gasteiger charge is -2.12. The summed E-state index contributed by atoms with van der Waals surface area (Å²) in [6.07, 6.45) is 1.64. The Kier molecular flexibility index (Phi) is 5.06. The fourth-order valence-corrected chi connectivity index (χ4v) is 1.95. The van der Waals surface area contributed by atoms with Gasteiger partial charge in [-0.25, -0.2) is 0 Å². The first-order chi connectivity index (χ1) is 9.74. The highest BCUT2D eigenvalue weighted by molar-refractivity contribution is 5.69. The molecule has 1 aromatic rings. The molecule has 1 heterocycles. The van der Waals surface area contributed by atoms with Crippen LogP contribution >= 0.6 is 0 Å². The van der Waals surface area contributed by atoms with Gasteiger partial charge < -0.3 is 24.7 Å². The first-order valence-corrected chi connectivity index (χ1v) is 6.56. The molecule has 0 radical (unpaired) electrons. The molecular weight excluding hydrogens is 262 g/mol. The molecule has 0 saturated heterocycles. The largest absolute Gasteiger partial charge is 0.493 e. The highest BCUT2D eigenvalue weighted by Gasteiger charge is 2.17. The Labute approximate surface area is 117 Å². The van der Waals surface area contributed by atoms with Crippen molar-refractivity contribution in [2.75, 3.05) is 27.1 Å². The van der Waals surface area contributed by atoms with Crippen molar-refractivity contribution in [1.82, 2.24) is 0 Å². The molecule has 1 aromatic carbocycles. The van der Waals surface area contributed by atoms with E-state index in [0.717, 1.165) is 17.1 Å². The van der Waals surface area contributed by atoms with Gasteiger partial charge in [0.1, 0.15) is 5.75 Å². The van der Waals surface area contributed by atoms with Crippen LogP contribution in [-0.4, -0.2) is 33.0 Å². The van der Waals surface area contributed by atoms with Gasteiger partial charge in [-0.05, 0) is 31.0 Å². The lowest BCUT2D eigenvalue weighted by Crippen LogP contribution is -2.08.